The molecule has 0 bridgehead atoms. The molecule has 0 spiro atoms. The predicted octanol–water partition coefficient (Wildman–Crippen LogP) is 1.92. The van der Waals surface area contributed by atoms with Crippen molar-refractivity contribution in [3.63, 3.8) is 0 Å². The fourth-order valence-electron chi connectivity index (χ4n) is 2.74. The van der Waals surface area contributed by atoms with E-state index in [0.29, 0.717) is 6.42 Å². The Bertz CT molecular complexity index is 261. The van der Waals surface area contributed by atoms with E-state index in [1.165, 1.54) is 39.2 Å². The van der Waals surface area contributed by atoms with Crippen LogP contribution in [0.3, 0.4) is 0 Å². The molecule has 0 amide bonds. The third kappa shape index (κ3) is 4.58. The van der Waals surface area contributed by atoms with Crippen molar-refractivity contribution in [3.05, 3.63) is 0 Å². The van der Waals surface area contributed by atoms with Crippen LogP contribution in [0.25, 0.3) is 0 Å². The van der Waals surface area contributed by atoms with Gasteiger partial charge in [0.1, 0.15) is 5.54 Å². The highest BCUT2D eigenvalue weighted by Crippen LogP contribution is 2.22. The van der Waals surface area contributed by atoms with E-state index in [1.807, 2.05) is 0 Å². The molecule has 0 heterocycles. The van der Waals surface area contributed by atoms with Gasteiger partial charge in [0, 0.05) is 6.04 Å². The summed E-state index contributed by atoms with van der Waals surface area (Å²) in [5, 5.41) is 0. The highest BCUT2D eigenvalue weighted by molar-refractivity contribution is 5.79. The van der Waals surface area contributed by atoms with E-state index in [-0.39, 0.29) is 5.97 Å². The Hall–Kier alpha value is -0.610. The molecule has 2 N–H and O–H groups in total. The van der Waals surface area contributed by atoms with Crippen molar-refractivity contribution in [2.75, 3.05) is 20.7 Å². The van der Waals surface area contributed by atoms with Crippen LogP contribution in [-0.4, -0.2) is 43.2 Å². The fraction of sp³-hybridized carbons (Fsp3) is 0.929. The second-order valence-corrected chi connectivity index (χ2v) is 5.79. The lowest BCUT2D eigenvalue weighted by Gasteiger charge is -2.32. The van der Waals surface area contributed by atoms with Crippen LogP contribution in [0, 0.1) is 0 Å². The van der Waals surface area contributed by atoms with Crippen LogP contribution in [-0.2, 0) is 9.53 Å². The number of hydrogen-bond acceptors (Lipinski definition) is 4. The lowest BCUT2D eigenvalue weighted by atomic mass is 9.93. The normalized spacial score (nSPS) is 20.7. The third-order valence-electron chi connectivity index (χ3n) is 4.06. The standard InChI is InChI=1S/C14H28N2O2/c1-14(15,13(17)18-3)10-7-11-16(2)12-8-5-4-6-9-12/h12H,4-11,15H2,1-3H3. The Morgan fingerprint density at radius 2 is 2.00 bits per heavy atom. The van der Waals surface area contributed by atoms with Crippen molar-refractivity contribution in [3.8, 4) is 0 Å². The van der Waals surface area contributed by atoms with Crippen LogP contribution in [0.5, 0.6) is 0 Å². The summed E-state index contributed by atoms with van der Waals surface area (Å²) in [6.45, 7) is 2.76. The molecule has 1 fully saturated rings. The summed E-state index contributed by atoms with van der Waals surface area (Å²) in [4.78, 5) is 13.9. The zero-order valence-corrected chi connectivity index (χ0v) is 12.1. The molecule has 0 aromatic rings. The third-order valence-corrected chi connectivity index (χ3v) is 4.06. The molecule has 1 saturated carbocycles. The van der Waals surface area contributed by atoms with Gasteiger partial charge in [-0.2, -0.15) is 0 Å². The molecule has 1 aliphatic rings. The number of ether oxygens (including phenoxy) is 1. The minimum atomic E-state index is -0.845. The van der Waals surface area contributed by atoms with Crippen molar-refractivity contribution in [2.24, 2.45) is 5.73 Å². The van der Waals surface area contributed by atoms with E-state index in [9.17, 15) is 4.79 Å². The summed E-state index contributed by atoms with van der Waals surface area (Å²) >= 11 is 0. The smallest absolute Gasteiger partial charge is 0.325 e. The maximum atomic E-state index is 11.5. The topological polar surface area (TPSA) is 55.6 Å². The van der Waals surface area contributed by atoms with E-state index >= 15 is 0 Å². The Morgan fingerprint density at radius 3 is 2.56 bits per heavy atom. The molecule has 0 aromatic carbocycles. The van der Waals surface area contributed by atoms with E-state index in [4.69, 9.17) is 10.5 Å². The average Bonchev–Trinajstić information content (AvgIpc) is 2.38. The summed E-state index contributed by atoms with van der Waals surface area (Å²) < 4.78 is 4.71. The monoisotopic (exact) mass is 256 g/mol. The van der Waals surface area contributed by atoms with Gasteiger partial charge in [-0.05, 0) is 46.2 Å². The second-order valence-electron chi connectivity index (χ2n) is 5.79. The maximum Gasteiger partial charge on any atom is 0.325 e. The van der Waals surface area contributed by atoms with Crippen molar-refractivity contribution in [2.45, 2.75) is 63.5 Å². The molecule has 1 aliphatic carbocycles. The van der Waals surface area contributed by atoms with Crippen molar-refractivity contribution in [1.29, 1.82) is 0 Å². The first-order valence-electron chi connectivity index (χ1n) is 7.05. The minimum Gasteiger partial charge on any atom is -0.468 e. The predicted molar refractivity (Wildman–Crippen MR) is 73.3 cm³/mol. The van der Waals surface area contributed by atoms with E-state index in [1.54, 1.807) is 6.92 Å². The maximum absolute atomic E-state index is 11.5. The molecule has 0 radical (unpaired) electrons. The van der Waals surface area contributed by atoms with Gasteiger partial charge < -0.3 is 15.4 Å². The van der Waals surface area contributed by atoms with Crippen molar-refractivity contribution >= 4 is 5.97 Å². The first kappa shape index (κ1) is 15.4. The first-order chi connectivity index (χ1) is 8.47. The number of carbonyl (C=O) groups excluding carboxylic acids is 1. The van der Waals surface area contributed by atoms with E-state index < -0.39 is 5.54 Å². The summed E-state index contributed by atoms with van der Waals surface area (Å²) in [5.41, 5.74) is 5.10. The van der Waals surface area contributed by atoms with Crippen LogP contribution < -0.4 is 5.73 Å². The van der Waals surface area contributed by atoms with Gasteiger partial charge in [-0.25, -0.2) is 0 Å². The van der Waals surface area contributed by atoms with Crippen molar-refractivity contribution < 1.29 is 9.53 Å². The molecule has 1 atom stereocenters. The number of rotatable bonds is 6. The molecule has 0 aromatic heterocycles. The van der Waals surface area contributed by atoms with Gasteiger partial charge in [0.15, 0.2) is 0 Å². The highest BCUT2D eigenvalue weighted by Gasteiger charge is 2.29. The SMILES string of the molecule is COC(=O)C(C)(N)CCCN(C)C1CCCCC1. The molecule has 0 aliphatic heterocycles. The van der Waals surface area contributed by atoms with Gasteiger partial charge in [0.25, 0.3) is 0 Å². The number of esters is 1. The molecule has 4 heteroatoms. The van der Waals surface area contributed by atoms with Crippen LogP contribution >= 0.6 is 0 Å². The summed E-state index contributed by atoms with van der Waals surface area (Å²) in [5.74, 6) is -0.317. The van der Waals surface area contributed by atoms with Gasteiger partial charge in [-0.1, -0.05) is 19.3 Å². The summed E-state index contributed by atoms with van der Waals surface area (Å²) in [7, 11) is 3.57. The van der Waals surface area contributed by atoms with Crippen molar-refractivity contribution in [1.82, 2.24) is 4.90 Å². The van der Waals surface area contributed by atoms with Gasteiger partial charge in [0.05, 0.1) is 7.11 Å². The number of hydrogen-bond donors (Lipinski definition) is 1. The molecular formula is C14H28N2O2. The number of carbonyl (C=O) groups is 1. The summed E-state index contributed by atoms with van der Waals surface area (Å²) in [6, 6.07) is 0.723. The van der Waals surface area contributed by atoms with Gasteiger partial charge in [-0.15, -0.1) is 0 Å². The molecular weight excluding hydrogens is 228 g/mol. The first-order valence-corrected chi connectivity index (χ1v) is 7.05. The summed E-state index contributed by atoms with van der Waals surface area (Å²) in [6.07, 6.45) is 8.33. The largest absolute Gasteiger partial charge is 0.468 e. The van der Waals surface area contributed by atoms with Gasteiger partial charge in [-0.3, -0.25) is 4.79 Å². The Labute approximate surface area is 111 Å². The quantitative estimate of drug-likeness (QED) is 0.738. The average molecular weight is 256 g/mol. The second kappa shape index (κ2) is 7.10. The minimum absolute atomic E-state index is 0.317. The van der Waals surface area contributed by atoms with E-state index in [0.717, 1.165) is 19.0 Å². The molecule has 4 nitrogen and oxygen atoms in total. The molecule has 106 valence electrons. The van der Waals surface area contributed by atoms with Crippen LogP contribution in [0.4, 0.5) is 0 Å². The Kier molecular flexibility index (Phi) is 6.09. The fourth-order valence-corrected chi connectivity index (χ4v) is 2.74. The van der Waals surface area contributed by atoms with Crippen LogP contribution in [0.2, 0.25) is 0 Å². The zero-order chi connectivity index (χ0) is 13.6. The molecule has 1 unspecified atom stereocenters. The Morgan fingerprint density at radius 1 is 1.39 bits per heavy atom. The number of nitrogens with zero attached hydrogens (tertiary/aromatic N) is 1. The van der Waals surface area contributed by atoms with Crippen LogP contribution in [0.15, 0.2) is 0 Å². The lowest BCUT2D eigenvalue weighted by Crippen LogP contribution is -2.46. The molecule has 18 heavy (non-hydrogen) atoms. The molecule has 0 saturated heterocycles. The van der Waals surface area contributed by atoms with Gasteiger partial charge >= 0.3 is 5.97 Å². The highest BCUT2D eigenvalue weighted by atomic mass is 16.5. The van der Waals surface area contributed by atoms with E-state index in [2.05, 4.69) is 11.9 Å². The number of nitrogens with two attached hydrogens (primary N) is 1. The molecule has 1 rings (SSSR count). The number of methoxy groups -OCH3 is 1. The van der Waals surface area contributed by atoms with Crippen LogP contribution in [0.1, 0.15) is 51.9 Å². The zero-order valence-electron chi connectivity index (χ0n) is 12.1. The Balaban J connectivity index is 2.25. The van der Waals surface area contributed by atoms with Gasteiger partial charge in [0.2, 0.25) is 0 Å². The lowest BCUT2D eigenvalue weighted by molar-refractivity contribution is -0.146.